The lowest BCUT2D eigenvalue weighted by molar-refractivity contribution is 0.135. The van der Waals surface area contributed by atoms with Crippen molar-refractivity contribution in [2.45, 2.75) is 57.2 Å². The van der Waals surface area contributed by atoms with Crippen LogP contribution in [0.3, 0.4) is 0 Å². The fraction of sp³-hybridized carbons (Fsp3) is 0.684. The van der Waals surface area contributed by atoms with E-state index in [1.54, 1.807) is 0 Å². The molecule has 24 heavy (non-hydrogen) atoms. The van der Waals surface area contributed by atoms with Crippen LogP contribution in [-0.4, -0.2) is 39.0 Å². The van der Waals surface area contributed by atoms with Crippen molar-refractivity contribution in [1.82, 2.24) is 9.62 Å². The highest BCUT2D eigenvalue weighted by molar-refractivity contribution is 7.88. The van der Waals surface area contributed by atoms with Gasteiger partial charge in [-0.05, 0) is 57.2 Å². The smallest absolute Gasteiger partial charge is 0.215 e. The van der Waals surface area contributed by atoms with Crippen molar-refractivity contribution in [2.75, 3.05) is 19.6 Å². The topological polar surface area (TPSA) is 49.4 Å². The molecule has 0 aromatic heterocycles. The van der Waals surface area contributed by atoms with Gasteiger partial charge in [-0.3, -0.25) is 0 Å². The molecule has 3 rings (SSSR count). The van der Waals surface area contributed by atoms with E-state index in [1.807, 2.05) is 31.2 Å². The van der Waals surface area contributed by atoms with Gasteiger partial charge in [-0.2, -0.15) is 0 Å². The van der Waals surface area contributed by atoms with Crippen molar-refractivity contribution >= 4 is 10.0 Å². The molecule has 1 N–H and O–H groups in total. The Labute approximate surface area is 146 Å². The standard InChI is InChI=1S/C19H30N2O2S/c1-16-5-4-6-18(13-16)15-24(22,23)20-14-17-9-11-21(12-10-17)19-7-2-3-8-19/h4-6,13,17,19-20H,2-3,7-12,14-15H2,1H3. The molecule has 4 nitrogen and oxygen atoms in total. The SMILES string of the molecule is Cc1cccc(CS(=O)(=O)NCC2CCN(C3CCCC3)CC2)c1. The Bertz CT molecular complexity index is 631. The Balaban J connectivity index is 1.43. The van der Waals surface area contributed by atoms with E-state index in [0.717, 1.165) is 43.1 Å². The summed E-state index contributed by atoms with van der Waals surface area (Å²) in [6.45, 7) is 4.85. The predicted molar refractivity (Wildman–Crippen MR) is 98.4 cm³/mol. The van der Waals surface area contributed by atoms with Crippen LogP contribution >= 0.6 is 0 Å². The van der Waals surface area contributed by atoms with Crippen molar-refractivity contribution in [2.24, 2.45) is 5.92 Å². The maximum absolute atomic E-state index is 12.3. The van der Waals surface area contributed by atoms with Gasteiger partial charge in [0.1, 0.15) is 0 Å². The number of nitrogens with zero attached hydrogens (tertiary/aromatic N) is 1. The van der Waals surface area contributed by atoms with E-state index in [2.05, 4.69) is 9.62 Å². The van der Waals surface area contributed by atoms with Crippen LogP contribution in [0.1, 0.15) is 49.7 Å². The second-order valence-electron chi connectivity index (χ2n) is 7.51. The summed E-state index contributed by atoms with van der Waals surface area (Å²) in [7, 11) is -3.24. The van der Waals surface area contributed by atoms with Crippen molar-refractivity contribution in [3.8, 4) is 0 Å². The third-order valence-corrected chi connectivity index (χ3v) is 6.84. The van der Waals surface area contributed by atoms with Crippen molar-refractivity contribution in [3.63, 3.8) is 0 Å². The summed E-state index contributed by atoms with van der Waals surface area (Å²) in [6.07, 6.45) is 7.70. The van der Waals surface area contributed by atoms with Gasteiger partial charge in [0.2, 0.25) is 10.0 Å². The largest absolute Gasteiger partial charge is 0.300 e. The molecule has 0 bridgehead atoms. The molecule has 5 heteroatoms. The average Bonchev–Trinajstić information content (AvgIpc) is 3.08. The van der Waals surface area contributed by atoms with Crippen LogP contribution in [0.5, 0.6) is 0 Å². The van der Waals surface area contributed by atoms with Gasteiger partial charge < -0.3 is 4.90 Å². The van der Waals surface area contributed by atoms with Crippen LogP contribution in [0.25, 0.3) is 0 Å². The zero-order valence-corrected chi connectivity index (χ0v) is 15.5. The van der Waals surface area contributed by atoms with Gasteiger partial charge in [-0.1, -0.05) is 42.7 Å². The minimum atomic E-state index is -3.24. The van der Waals surface area contributed by atoms with Crippen LogP contribution in [0.2, 0.25) is 0 Å². The number of hydrogen-bond acceptors (Lipinski definition) is 3. The highest BCUT2D eigenvalue weighted by Gasteiger charge is 2.27. The molecule has 1 saturated heterocycles. The van der Waals surface area contributed by atoms with Crippen molar-refractivity contribution < 1.29 is 8.42 Å². The first kappa shape index (κ1) is 17.9. The summed E-state index contributed by atoms with van der Waals surface area (Å²) in [5.74, 6) is 0.560. The monoisotopic (exact) mass is 350 g/mol. The van der Waals surface area contributed by atoms with E-state index in [0.29, 0.717) is 12.5 Å². The van der Waals surface area contributed by atoms with Crippen LogP contribution in [0, 0.1) is 12.8 Å². The first-order valence-electron chi connectivity index (χ1n) is 9.29. The Kier molecular flexibility index (Phi) is 5.95. The number of likely N-dealkylation sites (tertiary alicyclic amines) is 1. The lowest BCUT2D eigenvalue weighted by atomic mass is 9.96. The van der Waals surface area contributed by atoms with Crippen molar-refractivity contribution in [1.29, 1.82) is 0 Å². The molecule has 1 aliphatic carbocycles. The number of aryl methyl sites for hydroxylation is 1. The molecule has 0 atom stereocenters. The average molecular weight is 351 g/mol. The quantitative estimate of drug-likeness (QED) is 0.858. The first-order chi connectivity index (χ1) is 11.5. The second kappa shape index (κ2) is 7.98. The van der Waals surface area contributed by atoms with E-state index >= 15 is 0 Å². The molecular weight excluding hydrogens is 320 g/mol. The van der Waals surface area contributed by atoms with E-state index < -0.39 is 10.0 Å². The summed E-state index contributed by atoms with van der Waals surface area (Å²) >= 11 is 0. The van der Waals surface area contributed by atoms with Gasteiger partial charge in [0.15, 0.2) is 0 Å². The normalized spacial score (nSPS) is 21.4. The Hall–Kier alpha value is -0.910. The van der Waals surface area contributed by atoms with Gasteiger partial charge in [-0.25, -0.2) is 13.1 Å². The minimum absolute atomic E-state index is 0.0790. The van der Waals surface area contributed by atoms with Gasteiger partial charge in [-0.15, -0.1) is 0 Å². The van der Waals surface area contributed by atoms with Crippen LogP contribution in [0.4, 0.5) is 0 Å². The Morgan fingerprint density at radius 1 is 1.12 bits per heavy atom. The fourth-order valence-electron chi connectivity index (χ4n) is 4.11. The number of nitrogens with one attached hydrogen (secondary N) is 1. The molecule has 134 valence electrons. The van der Waals surface area contributed by atoms with Gasteiger partial charge in [0.25, 0.3) is 0 Å². The van der Waals surface area contributed by atoms with E-state index in [4.69, 9.17) is 0 Å². The number of sulfonamides is 1. The zero-order chi connectivity index (χ0) is 17.0. The Morgan fingerprint density at radius 3 is 2.50 bits per heavy atom. The summed E-state index contributed by atoms with van der Waals surface area (Å²) in [5.41, 5.74) is 1.96. The molecule has 1 heterocycles. The highest BCUT2D eigenvalue weighted by Crippen LogP contribution is 2.27. The second-order valence-corrected chi connectivity index (χ2v) is 9.32. The van der Waals surface area contributed by atoms with Gasteiger partial charge in [0.05, 0.1) is 5.75 Å². The van der Waals surface area contributed by atoms with Crippen molar-refractivity contribution in [3.05, 3.63) is 35.4 Å². The maximum Gasteiger partial charge on any atom is 0.215 e. The third kappa shape index (κ3) is 5.04. The van der Waals surface area contributed by atoms with Crippen LogP contribution in [-0.2, 0) is 15.8 Å². The minimum Gasteiger partial charge on any atom is -0.300 e. The van der Waals surface area contributed by atoms with E-state index in [1.165, 1.54) is 25.7 Å². The highest BCUT2D eigenvalue weighted by atomic mass is 32.2. The molecule has 1 aromatic carbocycles. The lowest BCUT2D eigenvalue weighted by Gasteiger charge is -2.36. The lowest BCUT2D eigenvalue weighted by Crippen LogP contribution is -2.42. The number of hydrogen-bond donors (Lipinski definition) is 1. The van der Waals surface area contributed by atoms with E-state index in [9.17, 15) is 8.42 Å². The molecule has 2 aliphatic rings. The number of rotatable bonds is 6. The molecule has 0 amide bonds. The van der Waals surface area contributed by atoms with Crippen LogP contribution < -0.4 is 4.72 Å². The van der Waals surface area contributed by atoms with Gasteiger partial charge in [0, 0.05) is 12.6 Å². The molecule has 1 aromatic rings. The van der Waals surface area contributed by atoms with E-state index in [-0.39, 0.29) is 5.75 Å². The van der Waals surface area contributed by atoms with Crippen LogP contribution in [0.15, 0.2) is 24.3 Å². The zero-order valence-electron chi connectivity index (χ0n) is 14.7. The number of benzene rings is 1. The third-order valence-electron chi connectivity index (χ3n) is 5.52. The summed E-state index contributed by atoms with van der Waals surface area (Å²) in [6, 6.07) is 8.52. The molecule has 0 spiro atoms. The summed E-state index contributed by atoms with van der Waals surface area (Å²) in [4.78, 5) is 2.63. The number of piperidine rings is 1. The molecule has 0 radical (unpaired) electrons. The molecule has 2 fully saturated rings. The fourth-order valence-corrected chi connectivity index (χ4v) is 5.32. The molecular formula is C19H30N2O2S. The summed E-state index contributed by atoms with van der Waals surface area (Å²) in [5, 5.41) is 0. The Morgan fingerprint density at radius 2 is 1.83 bits per heavy atom. The van der Waals surface area contributed by atoms with Gasteiger partial charge >= 0.3 is 0 Å². The predicted octanol–water partition coefficient (Wildman–Crippen LogP) is 3.07. The molecule has 0 unspecified atom stereocenters. The summed E-state index contributed by atoms with van der Waals surface area (Å²) < 4.78 is 27.4. The molecule has 1 aliphatic heterocycles. The molecule has 1 saturated carbocycles. The maximum atomic E-state index is 12.3. The first-order valence-corrected chi connectivity index (χ1v) is 10.9.